The van der Waals surface area contributed by atoms with Crippen LogP contribution in [-0.2, 0) is 4.79 Å². The summed E-state index contributed by atoms with van der Waals surface area (Å²) in [5.41, 5.74) is 1.66. The zero-order valence-corrected chi connectivity index (χ0v) is 14.1. The van der Waals surface area contributed by atoms with Crippen molar-refractivity contribution in [3.05, 3.63) is 63.7 Å². The Morgan fingerprint density at radius 1 is 1.16 bits per heavy atom. The number of carbonyl (C=O) groups is 1. The van der Waals surface area contributed by atoms with Gasteiger partial charge in [-0.05, 0) is 43.3 Å². The average Bonchev–Trinajstić information content (AvgIpc) is 2.59. The second-order valence-electron chi connectivity index (χ2n) is 5.19. The van der Waals surface area contributed by atoms with Crippen molar-refractivity contribution in [2.75, 3.05) is 19.5 Å². The molecule has 0 aliphatic heterocycles. The van der Waals surface area contributed by atoms with Crippen LogP contribution in [0.5, 0.6) is 11.5 Å². The molecule has 7 nitrogen and oxygen atoms in total. The highest BCUT2D eigenvalue weighted by molar-refractivity contribution is 6.02. The number of nitrogens with one attached hydrogen (secondary N) is 1. The van der Waals surface area contributed by atoms with Gasteiger partial charge in [-0.3, -0.25) is 14.9 Å². The maximum absolute atomic E-state index is 12.1. The maximum atomic E-state index is 12.1. The van der Waals surface area contributed by atoms with E-state index in [1.807, 2.05) is 0 Å². The number of anilines is 1. The summed E-state index contributed by atoms with van der Waals surface area (Å²) in [6.07, 6.45) is 2.96. The van der Waals surface area contributed by atoms with Crippen LogP contribution in [0.2, 0.25) is 0 Å². The molecule has 0 bridgehead atoms. The van der Waals surface area contributed by atoms with Crippen LogP contribution in [0.1, 0.15) is 11.1 Å². The number of carbonyl (C=O) groups excluding carboxylic acids is 1. The van der Waals surface area contributed by atoms with Crippen LogP contribution in [0.4, 0.5) is 11.4 Å². The first kappa shape index (κ1) is 18.0. The van der Waals surface area contributed by atoms with Gasteiger partial charge < -0.3 is 14.8 Å². The molecule has 0 saturated heterocycles. The molecule has 2 aromatic rings. The van der Waals surface area contributed by atoms with Crippen molar-refractivity contribution in [3.8, 4) is 11.5 Å². The number of methoxy groups -OCH3 is 2. The van der Waals surface area contributed by atoms with E-state index in [9.17, 15) is 14.9 Å². The Morgan fingerprint density at radius 2 is 1.92 bits per heavy atom. The largest absolute Gasteiger partial charge is 0.497 e. The van der Waals surface area contributed by atoms with E-state index in [4.69, 9.17) is 9.47 Å². The standard InChI is InChI=1S/C18H18N2O5/c1-12-10-14(5-7-16(12)20(22)23)19-18(21)9-4-13-11-15(24-2)6-8-17(13)25-3/h4-11H,1-3H3,(H,19,21)/b9-4+. The summed E-state index contributed by atoms with van der Waals surface area (Å²) >= 11 is 0. The Morgan fingerprint density at radius 3 is 2.52 bits per heavy atom. The second kappa shape index (κ2) is 7.96. The lowest BCUT2D eigenvalue weighted by Crippen LogP contribution is -2.08. The van der Waals surface area contributed by atoms with Gasteiger partial charge in [0.1, 0.15) is 11.5 Å². The zero-order valence-electron chi connectivity index (χ0n) is 14.1. The summed E-state index contributed by atoms with van der Waals surface area (Å²) in [4.78, 5) is 22.4. The summed E-state index contributed by atoms with van der Waals surface area (Å²) < 4.78 is 10.4. The summed E-state index contributed by atoms with van der Waals surface area (Å²) in [6.45, 7) is 1.62. The molecule has 1 N–H and O–H groups in total. The second-order valence-corrected chi connectivity index (χ2v) is 5.19. The number of benzene rings is 2. The molecule has 0 fully saturated rings. The molecule has 0 aliphatic carbocycles. The molecule has 0 atom stereocenters. The molecule has 2 rings (SSSR count). The Labute approximate surface area is 145 Å². The van der Waals surface area contributed by atoms with E-state index in [0.29, 0.717) is 28.3 Å². The molecular weight excluding hydrogens is 324 g/mol. The monoisotopic (exact) mass is 342 g/mol. The van der Waals surface area contributed by atoms with Crippen LogP contribution < -0.4 is 14.8 Å². The lowest BCUT2D eigenvalue weighted by atomic mass is 10.1. The Bertz CT molecular complexity index is 830. The van der Waals surface area contributed by atoms with Gasteiger partial charge in [-0.15, -0.1) is 0 Å². The normalized spacial score (nSPS) is 10.5. The van der Waals surface area contributed by atoms with Crippen LogP contribution >= 0.6 is 0 Å². The van der Waals surface area contributed by atoms with Crippen molar-refractivity contribution in [1.82, 2.24) is 0 Å². The van der Waals surface area contributed by atoms with Crippen LogP contribution in [0.15, 0.2) is 42.5 Å². The highest BCUT2D eigenvalue weighted by atomic mass is 16.6. The van der Waals surface area contributed by atoms with Crippen LogP contribution in [0.25, 0.3) is 6.08 Å². The van der Waals surface area contributed by atoms with E-state index in [2.05, 4.69) is 5.32 Å². The van der Waals surface area contributed by atoms with Gasteiger partial charge in [-0.25, -0.2) is 0 Å². The van der Waals surface area contributed by atoms with E-state index in [-0.39, 0.29) is 11.6 Å². The highest BCUT2D eigenvalue weighted by Crippen LogP contribution is 2.25. The molecule has 2 aromatic carbocycles. The van der Waals surface area contributed by atoms with Crippen LogP contribution in [0.3, 0.4) is 0 Å². The Balaban J connectivity index is 2.13. The maximum Gasteiger partial charge on any atom is 0.272 e. The molecule has 0 unspecified atom stereocenters. The van der Waals surface area contributed by atoms with Crippen molar-refractivity contribution in [2.45, 2.75) is 6.92 Å². The molecule has 7 heteroatoms. The quantitative estimate of drug-likeness (QED) is 0.492. The molecule has 0 aliphatic rings. The summed E-state index contributed by atoms with van der Waals surface area (Å²) in [7, 11) is 3.10. The lowest BCUT2D eigenvalue weighted by molar-refractivity contribution is -0.385. The van der Waals surface area contributed by atoms with Gasteiger partial charge in [-0.2, -0.15) is 0 Å². The zero-order chi connectivity index (χ0) is 18.4. The fourth-order valence-electron chi connectivity index (χ4n) is 2.26. The summed E-state index contributed by atoms with van der Waals surface area (Å²) in [5, 5.41) is 13.5. The molecule has 0 heterocycles. The van der Waals surface area contributed by atoms with Crippen molar-refractivity contribution in [3.63, 3.8) is 0 Å². The lowest BCUT2D eigenvalue weighted by Gasteiger charge is -2.07. The van der Waals surface area contributed by atoms with Crippen molar-refractivity contribution < 1.29 is 19.2 Å². The third-order valence-electron chi connectivity index (χ3n) is 3.51. The topological polar surface area (TPSA) is 90.7 Å². The number of rotatable bonds is 6. The highest BCUT2D eigenvalue weighted by Gasteiger charge is 2.11. The van der Waals surface area contributed by atoms with E-state index in [1.54, 1.807) is 51.5 Å². The minimum atomic E-state index is -0.462. The van der Waals surface area contributed by atoms with Crippen molar-refractivity contribution in [2.24, 2.45) is 0 Å². The van der Waals surface area contributed by atoms with Gasteiger partial charge in [0, 0.05) is 29.0 Å². The first-order valence-corrected chi connectivity index (χ1v) is 7.40. The third-order valence-corrected chi connectivity index (χ3v) is 3.51. The van der Waals surface area contributed by atoms with Gasteiger partial charge in [0.2, 0.25) is 5.91 Å². The van der Waals surface area contributed by atoms with E-state index in [0.717, 1.165) is 0 Å². The van der Waals surface area contributed by atoms with Crippen LogP contribution in [-0.4, -0.2) is 25.1 Å². The van der Waals surface area contributed by atoms with E-state index < -0.39 is 4.92 Å². The fourth-order valence-corrected chi connectivity index (χ4v) is 2.26. The van der Waals surface area contributed by atoms with Gasteiger partial charge in [0.05, 0.1) is 19.1 Å². The van der Waals surface area contributed by atoms with Crippen molar-refractivity contribution in [1.29, 1.82) is 0 Å². The predicted molar refractivity (Wildman–Crippen MR) is 95.0 cm³/mol. The molecule has 0 aromatic heterocycles. The smallest absolute Gasteiger partial charge is 0.272 e. The number of aryl methyl sites for hydroxylation is 1. The molecule has 0 saturated carbocycles. The van der Waals surface area contributed by atoms with Crippen molar-refractivity contribution >= 4 is 23.4 Å². The molecule has 0 radical (unpaired) electrons. The molecule has 1 amide bonds. The minimum Gasteiger partial charge on any atom is -0.497 e. The summed E-state index contributed by atoms with van der Waals surface area (Å²) in [5.74, 6) is 0.890. The molecule has 0 spiro atoms. The average molecular weight is 342 g/mol. The Hall–Kier alpha value is -3.35. The summed E-state index contributed by atoms with van der Waals surface area (Å²) in [6, 6.07) is 9.66. The van der Waals surface area contributed by atoms with Gasteiger partial charge in [-0.1, -0.05) is 0 Å². The SMILES string of the molecule is COc1ccc(OC)c(/C=C/C(=O)Nc2ccc([N+](=O)[O-])c(C)c2)c1. The first-order chi connectivity index (χ1) is 11.9. The Kier molecular flexibility index (Phi) is 5.73. The van der Waals surface area contributed by atoms with Crippen LogP contribution in [0, 0.1) is 17.0 Å². The number of amides is 1. The number of ether oxygens (including phenoxy) is 2. The number of hydrogen-bond donors (Lipinski definition) is 1. The van der Waals surface area contributed by atoms with E-state index >= 15 is 0 Å². The molecule has 25 heavy (non-hydrogen) atoms. The number of hydrogen-bond acceptors (Lipinski definition) is 5. The van der Waals surface area contributed by atoms with E-state index in [1.165, 1.54) is 18.2 Å². The predicted octanol–water partition coefficient (Wildman–Crippen LogP) is 3.57. The van der Waals surface area contributed by atoms with Gasteiger partial charge >= 0.3 is 0 Å². The molecular formula is C18H18N2O5. The fraction of sp³-hybridized carbons (Fsp3) is 0.167. The number of nitrogens with zero attached hydrogens (tertiary/aromatic N) is 1. The minimum absolute atomic E-state index is 0.00894. The number of nitro groups is 1. The van der Waals surface area contributed by atoms with Gasteiger partial charge in [0.25, 0.3) is 5.69 Å². The molecule has 130 valence electrons. The number of nitro benzene ring substituents is 1. The third kappa shape index (κ3) is 4.57. The van der Waals surface area contributed by atoms with Gasteiger partial charge in [0.15, 0.2) is 0 Å². The first-order valence-electron chi connectivity index (χ1n) is 7.40.